The lowest BCUT2D eigenvalue weighted by Crippen LogP contribution is -2.43. The van der Waals surface area contributed by atoms with Gasteiger partial charge in [0.25, 0.3) is 0 Å². The fraction of sp³-hybridized carbons (Fsp3) is 0.0833. The third-order valence-corrected chi connectivity index (χ3v) is 2.38. The van der Waals surface area contributed by atoms with Gasteiger partial charge in [0.05, 0.1) is 5.56 Å². The van der Waals surface area contributed by atoms with Crippen LogP contribution in [-0.4, -0.2) is 0 Å². The van der Waals surface area contributed by atoms with Crippen LogP contribution in [0.3, 0.4) is 0 Å². The van der Waals surface area contributed by atoms with Crippen molar-refractivity contribution in [3.05, 3.63) is 54.4 Å². The lowest BCUT2D eigenvalue weighted by atomic mass is 10.0. The Morgan fingerprint density at radius 1 is 0.941 bits per heavy atom. The van der Waals surface area contributed by atoms with Gasteiger partial charge >= 0.3 is 6.18 Å². The maximum atomic E-state index is 12.5. The molecule has 1 aromatic heterocycles. The molecule has 2 aromatic rings. The fourth-order valence-electron chi connectivity index (χ4n) is 1.51. The summed E-state index contributed by atoms with van der Waals surface area (Å²) in [5.74, 6) is 5.44. The van der Waals surface area contributed by atoms with E-state index in [9.17, 15) is 13.2 Å². The summed E-state index contributed by atoms with van der Waals surface area (Å²) in [7, 11) is 0. The van der Waals surface area contributed by atoms with Crippen LogP contribution in [0.4, 0.5) is 13.2 Å². The van der Waals surface area contributed by atoms with Crippen LogP contribution in [0.5, 0.6) is 0 Å². The van der Waals surface area contributed by atoms with E-state index in [1.807, 2.05) is 0 Å². The van der Waals surface area contributed by atoms with Crippen molar-refractivity contribution in [1.29, 1.82) is 0 Å². The number of aromatic nitrogens is 1. The first kappa shape index (κ1) is 11.4. The molecule has 1 heterocycles. The van der Waals surface area contributed by atoms with E-state index in [-0.39, 0.29) is 0 Å². The average Bonchev–Trinajstić information content (AvgIpc) is 2.29. The summed E-state index contributed by atoms with van der Waals surface area (Å²) in [6, 6.07) is 8.52. The number of halogens is 3. The molecule has 0 bridgehead atoms. The second-order valence-electron chi connectivity index (χ2n) is 3.61. The van der Waals surface area contributed by atoms with Gasteiger partial charge in [0.15, 0.2) is 12.4 Å². The number of nitrogens with two attached hydrogens (primary N) is 1. The number of pyridine rings is 1. The Morgan fingerprint density at radius 2 is 1.59 bits per heavy atom. The molecule has 2 nitrogen and oxygen atoms in total. The number of rotatable bonds is 1. The van der Waals surface area contributed by atoms with Crippen molar-refractivity contribution >= 4 is 0 Å². The molecular weight excluding hydrogens is 229 g/mol. The Balaban J connectivity index is 2.43. The van der Waals surface area contributed by atoms with E-state index < -0.39 is 11.7 Å². The van der Waals surface area contributed by atoms with E-state index in [0.29, 0.717) is 11.1 Å². The molecular formula is C12H10F3N2+. The maximum Gasteiger partial charge on any atom is 0.416 e. The largest absolute Gasteiger partial charge is 0.416 e. The smallest absolute Gasteiger partial charge is 0.205 e. The second-order valence-corrected chi connectivity index (χ2v) is 3.61. The normalized spacial score (nSPS) is 11.5. The molecule has 0 spiro atoms. The minimum Gasteiger partial charge on any atom is -0.205 e. The summed E-state index contributed by atoms with van der Waals surface area (Å²) in [5, 5.41) is 0. The maximum absolute atomic E-state index is 12.5. The standard InChI is InChI=1S/C12H10F3N2/c13-12(14,15)11-3-1-2-10(8-11)9-4-6-17(16)7-5-9/h1-8H,16H2/q+1. The van der Waals surface area contributed by atoms with Gasteiger partial charge in [-0.3, -0.25) is 0 Å². The molecule has 0 aliphatic heterocycles. The molecule has 0 fully saturated rings. The van der Waals surface area contributed by atoms with Crippen molar-refractivity contribution in [3.63, 3.8) is 0 Å². The predicted octanol–water partition coefficient (Wildman–Crippen LogP) is 2.37. The lowest BCUT2D eigenvalue weighted by Gasteiger charge is -2.08. The number of benzene rings is 1. The Labute approximate surface area is 96.1 Å². The first-order valence-corrected chi connectivity index (χ1v) is 4.91. The van der Waals surface area contributed by atoms with E-state index in [4.69, 9.17) is 5.84 Å². The molecule has 0 unspecified atom stereocenters. The SMILES string of the molecule is N[n+]1ccc(-c2cccc(C(F)(F)F)c2)cc1. The number of nitrogen functional groups attached to an aromatic ring is 1. The van der Waals surface area contributed by atoms with Gasteiger partial charge in [-0.2, -0.15) is 13.2 Å². The monoisotopic (exact) mass is 239 g/mol. The molecule has 0 atom stereocenters. The van der Waals surface area contributed by atoms with E-state index in [1.54, 1.807) is 30.6 Å². The average molecular weight is 239 g/mol. The summed E-state index contributed by atoms with van der Waals surface area (Å²) >= 11 is 0. The Kier molecular flexibility index (Phi) is 2.75. The van der Waals surface area contributed by atoms with Crippen LogP contribution >= 0.6 is 0 Å². The molecule has 0 radical (unpaired) electrons. The van der Waals surface area contributed by atoms with Crippen LogP contribution in [0.1, 0.15) is 5.56 Å². The molecule has 17 heavy (non-hydrogen) atoms. The zero-order valence-electron chi connectivity index (χ0n) is 8.78. The Morgan fingerprint density at radius 3 is 2.18 bits per heavy atom. The minimum absolute atomic E-state index is 0.514. The highest BCUT2D eigenvalue weighted by Gasteiger charge is 2.30. The van der Waals surface area contributed by atoms with Crippen LogP contribution in [-0.2, 0) is 6.18 Å². The van der Waals surface area contributed by atoms with Gasteiger partial charge in [0, 0.05) is 12.1 Å². The van der Waals surface area contributed by atoms with Gasteiger partial charge in [-0.05, 0) is 23.3 Å². The molecule has 0 saturated carbocycles. The Hall–Kier alpha value is -2.04. The number of alkyl halides is 3. The summed E-state index contributed by atoms with van der Waals surface area (Å²) in [5.41, 5.74) is 0.553. The van der Waals surface area contributed by atoms with Crippen molar-refractivity contribution in [3.8, 4) is 11.1 Å². The zero-order chi connectivity index (χ0) is 12.5. The second kappa shape index (κ2) is 4.08. The van der Waals surface area contributed by atoms with Crippen LogP contribution in [0, 0.1) is 0 Å². The molecule has 0 amide bonds. The third kappa shape index (κ3) is 2.55. The highest BCUT2D eigenvalue weighted by Crippen LogP contribution is 2.31. The van der Waals surface area contributed by atoms with Crippen molar-refractivity contribution in [2.45, 2.75) is 6.18 Å². The van der Waals surface area contributed by atoms with Crippen LogP contribution in [0.15, 0.2) is 48.8 Å². The highest BCUT2D eigenvalue weighted by atomic mass is 19.4. The van der Waals surface area contributed by atoms with Gasteiger partial charge in [0.1, 0.15) is 0 Å². The Bertz CT molecular complexity index is 518. The first-order chi connectivity index (χ1) is 7.97. The quantitative estimate of drug-likeness (QED) is 0.601. The van der Waals surface area contributed by atoms with Crippen molar-refractivity contribution in [1.82, 2.24) is 0 Å². The number of hydrogen-bond donors (Lipinski definition) is 1. The van der Waals surface area contributed by atoms with Gasteiger partial charge < -0.3 is 0 Å². The topological polar surface area (TPSA) is 29.9 Å². The molecule has 5 heteroatoms. The van der Waals surface area contributed by atoms with Crippen molar-refractivity contribution in [2.24, 2.45) is 0 Å². The number of nitrogens with zero attached hydrogens (tertiary/aromatic N) is 1. The molecule has 2 rings (SSSR count). The minimum atomic E-state index is -4.32. The first-order valence-electron chi connectivity index (χ1n) is 4.91. The molecule has 0 saturated heterocycles. The van der Waals surface area contributed by atoms with Crippen LogP contribution in [0.25, 0.3) is 11.1 Å². The predicted molar refractivity (Wildman–Crippen MR) is 57.2 cm³/mol. The molecule has 88 valence electrons. The van der Waals surface area contributed by atoms with Crippen LogP contribution < -0.4 is 10.5 Å². The summed E-state index contributed by atoms with van der Waals surface area (Å²) in [4.78, 5) is 0. The van der Waals surface area contributed by atoms with Gasteiger partial charge in [-0.1, -0.05) is 16.8 Å². The molecule has 1 aromatic carbocycles. The molecule has 0 aliphatic carbocycles. The van der Waals surface area contributed by atoms with E-state index in [2.05, 4.69) is 0 Å². The molecule has 2 N–H and O–H groups in total. The van der Waals surface area contributed by atoms with Crippen molar-refractivity contribution in [2.75, 3.05) is 5.84 Å². The van der Waals surface area contributed by atoms with E-state index in [0.717, 1.165) is 12.1 Å². The van der Waals surface area contributed by atoms with Gasteiger partial charge in [-0.25, -0.2) is 5.84 Å². The summed E-state index contributed by atoms with van der Waals surface area (Å²) in [6.45, 7) is 0. The van der Waals surface area contributed by atoms with Gasteiger partial charge in [-0.15, -0.1) is 0 Å². The van der Waals surface area contributed by atoms with Gasteiger partial charge in [0.2, 0.25) is 0 Å². The third-order valence-electron chi connectivity index (χ3n) is 2.38. The van der Waals surface area contributed by atoms with E-state index >= 15 is 0 Å². The van der Waals surface area contributed by atoms with Crippen LogP contribution in [0.2, 0.25) is 0 Å². The fourth-order valence-corrected chi connectivity index (χ4v) is 1.51. The highest BCUT2D eigenvalue weighted by molar-refractivity contribution is 5.63. The zero-order valence-corrected chi connectivity index (χ0v) is 8.78. The number of hydrogen-bond acceptors (Lipinski definition) is 1. The van der Waals surface area contributed by atoms with E-state index in [1.165, 1.54) is 10.7 Å². The lowest BCUT2D eigenvalue weighted by molar-refractivity contribution is -0.638. The summed E-state index contributed by atoms with van der Waals surface area (Å²) < 4.78 is 38.9. The summed E-state index contributed by atoms with van der Waals surface area (Å²) in [6.07, 6.45) is -1.16. The molecule has 0 aliphatic rings. The van der Waals surface area contributed by atoms with Crippen molar-refractivity contribution < 1.29 is 17.8 Å².